The van der Waals surface area contributed by atoms with Gasteiger partial charge in [0, 0.05) is 12.2 Å². The Morgan fingerprint density at radius 3 is 2.39 bits per heavy atom. The molecule has 0 saturated heterocycles. The van der Waals surface area contributed by atoms with E-state index in [9.17, 15) is 8.42 Å². The second-order valence-corrected chi connectivity index (χ2v) is 10.1. The van der Waals surface area contributed by atoms with Gasteiger partial charge in [-0.15, -0.1) is 0 Å². The number of para-hydroxylation sites is 1. The number of aliphatic imine (C=N–C) groups is 2. The fourth-order valence-electron chi connectivity index (χ4n) is 4.95. The zero-order valence-electron chi connectivity index (χ0n) is 17.2. The maximum Gasteiger partial charge on any atom is 0.264 e. The van der Waals surface area contributed by atoms with Gasteiger partial charge in [0.05, 0.1) is 10.6 Å². The topological polar surface area (TPSA) is 117 Å². The van der Waals surface area contributed by atoms with E-state index in [4.69, 9.17) is 11.5 Å². The third kappa shape index (κ3) is 3.23. The molecule has 2 aromatic rings. The summed E-state index contributed by atoms with van der Waals surface area (Å²) in [5.41, 5.74) is 14.2. The van der Waals surface area contributed by atoms with E-state index in [0.717, 1.165) is 55.5 Å². The molecule has 2 heterocycles. The van der Waals surface area contributed by atoms with E-state index in [1.165, 1.54) is 4.31 Å². The number of hydrogen-bond acceptors (Lipinski definition) is 7. The number of fused-ring (bicyclic) bond motifs is 1. The maximum atomic E-state index is 13.3. The molecular weight excluding hydrogens is 412 g/mol. The normalized spacial score (nSPS) is 20.4. The highest BCUT2D eigenvalue weighted by Crippen LogP contribution is 2.40. The second kappa shape index (κ2) is 7.26. The van der Waals surface area contributed by atoms with Crippen LogP contribution >= 0.6 is 0 Å². The first-order chi connectivity index (χ1) is 14.9. The van der Waals surface area contributed by atoms with Gasteiger partial charge < -0.3 is 11.5 Å². The van der Waals surface area contributed by atoms with Crippen LogP contribution in [0.25, 0.3) is 0 Å². The molecule has 0 atom stereocenters. The van der Waals surface area contributed by atoms with Crippen molar-refractivity contribution in [3.05, 3.63) is 54.1 Å². The lowest BCUT2D eigenvalue weighted by molar-refractivity contribution is 0.305. The van der Waals surface area contributed by atoms with E-state index in [0.29, 0.717) is 12.5 Å². The van der Waals surface area contributed by atoms with Gasteiger partial charge in [0.15, 0.2) is 0 Å². The molecule has 1 fully saturated rings. The summed E-state index contributed by atoms with van der Waals surface area (Å²) in [5, 5.41) is 0. The van der Waals surface area contributed by atoms with E-state index in [2.05, 4.69) is 9.98 Å². The second-order valence-electron chi connectivity index (χ2n) is 8.27. The number of guanidine groups is 2. The molecule has 0 aromatic heterocycles. The largest absolute Gasteiger partial charge is 0.369 e. The van der Waals surface area contributed by atoms with Crippen molar-refractivity contribution >= 4 is 33.3 Å². The number of sulfonamides is 1. The van der Waals surface area contributed by atoms with Crippen molar-refractivity contribution in [1.82, 2.24) is 0 Å². The van der Waals surface area contributed by atoms with Gasteiger partial charge in [0.25, 0.3) is 10.0 Å². The number of hydrogen-bond donors (Lipinski definition) is 2. The van der Waals surface area contributed by atoms with Crippen LogP contribution in [-0.4, -0.2) is 32.5 Å². The van der Waals surface area contributed by atoms with Gasteiger partial charge in [0.1, 0.15) is 5.66 Å². The Balaban J connectivity index is 1.48. The Kier molecular flexibility index (Phi) is 4.65. The smallest absolute Gasteiger partial charge is 0.264 e. The van der Waals surface area contributed by atoms with Gasteiger partial charge in [-0.25, -0.2) is 13.4 Å². The van der Waals surface area contributed by atoms with Crippen molar-refractivity contribution in [1.29, 1.82) is 0 Å². The monoisotopic (exact) mass is 438 g/mol. The molecule has 5 rings (SSSR count). The van der Waals surface area contributed by atoms with Gasteiger partial charge >= 0.3 is 0 Å². The molecule has 31 heavy (non-hydrogen) atoms. The zero-order valence-corrected chi connectivity index (χ0v) is 18.1. The Morgan fingerprint density at radius 2 is 1.65 bits per heavy atom. The molecule has 1 saturated carbocycles. The first-order valence-corrected chi connectivity index (χ1v) is 12.1. The van der Waals surface area contributed by atoms with E-state index in [-0.39, 0.29) is 10.9 Å². The molecule has 0 radical (unpaired) electrons. The fraction of sp³-hybridized carbons (Fsp3) is 0.364. The summed E-state index contributed by atoms with van der Waals surface area (Å²) in [6, 6.07) is 14.5. The highest BCUT2D eigenvalue weighted by Gasteiger charge is 2.42. The lowest BCUT2D eigenvalue weighted by Crippen LogP contribution is -2.58. The molecule has 3 aliphatic rings. The van der Waals surface area contributed by atoms with Gasteiger partial charge in [-0.3, -0.25) is 9.21 Å². The number of benzene rings is 2. The summed E-state index contributed by atoms with van der Waals surface area (Å²) in [6.07, 6.45) is 5.58. The van der Waals surface area contributed by atoms with E-state index in [1.807, 2.05) is 29.2 Å². The molecule has 2 aromatic carbocycles. The van der Waals surface area contributed by atoms with Crippen molar-refractivity contribution in [3.8, 4) is 0 Å². The van der Waals surface area contributed by atoms with Crippen molar-refractivity contribution in [3.63, 3.8) is 0 Å². The van der Waals surface area contributed by atoms with Crippen molar-refractivity contribution in [2.45, 2.75) is 49.1 Å². The first-order valence-electron chi connectivity index (χ1n) is 10.6. The van der Waals surface area contributed by atoms with E-state index >= 15 is 0 Å². The Hall–Kier alpha value is -3.07. The standard InChI is InChI=1S/C22H26N6O2S/c23-20-25-21(24)28(22(26-20)13-4-1-5-14-22)17-8-10-18(11-9-17)31(29,30)27-15-12-16-6-2-3-7-19(16)27/h2-3,6-11H,1,4-5,12-15H2,(H4,23,24,25,26). The molecule has 162 valence electrons. The third-order valence-corrected chi connectivity index (χ3v) is 8.21. The van der Waals surface area contributed by atoms with Crippen LogP contribution in [-0.2, 0) is 16.4 Å². The summed E-state index contributed by atoms with van der Waals surface area (Å²) in [4.78, 5) is 11.0. The highest BCUT2D eigenvalue weighted by atomic mass is 32.2. The Bertz CT molecular complexity index is 1170. The minimum absolute atomic E-state index is 0.197. The lowest BCUT2D eigenvalue weighted by atomic mass is 9.87. The highest BCUT2D eigenvalue weighted by molar-refractivity contribution is 7.92. The van der Waals surface area contributed by atoms with E-state index in [1.54, 1.807) is 24.3 Å². The van der Waals surface area contributed by atoms with Crippen LogP contribution in [0.5, 0.6) is 0 Å². The average Bonchev–Trinajstić information content (AvgIpc) is 3.19. The van der Waals surface area contributed by atoms with Gasteiger partial charge in [-0.2, -0.15) is 4.99 Å². The van der Waals surface area contributed by atoms with Crippen LogP contribution in [0.15, 0.2) is 63.4 Å². The van der Waals surface area contributed by atoms with Crippen LogP contribution < -0.4 is 20.7 Å². The van der Waals surface area contributed by atoms with Crippen LogP contribution in [0, 0.1) is 0 Å². The molecule has 2 aliphatic heterocycles. The summed E-state index contributed by atoms with van der Waals surface area (Å²) >= 11 is 0. The maximum absolute atomic E-state index is 13.3. The van der Waals surface area contributed by atoms with Crippen LogP contribution in [0.3, 0.4) is 0 Å². The number of nitrogens with zero attached hydrogens (tertiary/aromatic N) is 4. The first kappa shape index (κ1) is 19.9. The number of rotatable bonds is 3. The minimum Gasteiger partial charge on any atom is -0.369 e. The van der Waals surface area contributed by atoms with Crippen LogP contribution in [0.4, 0.5) is 11.4 Å². The molecule has 9 heteroatoms. The molecule has 0 amide bonds. The Labute approximate surface area is 182 Å². The quantitative estimate of drug-likeness (QED) is 0.764. The molecule has 0 bridgehead atoms. The Morgan fingerprint density at radius 1 is 0.935 bits per heavy atom. The molecular formula is C22H26N6O2S. The van der Waals surface area contributed by atoms with Crippen LogP contribution in [0.1, 0.15) is 37.7 Å². The number of nitrogens with two attached hydrogens (primary N) is 2. The van der Waals surface area contributed by atoms with Gasteiger partial charge in [-0.05, 0) is 68.0 Å². The van der Waals surface area contributed by atoms with E-state index < -0.39 is 15.7 Å². The summed E-state index contributed by atoms with van der Waals surface area (Å²) in [7, 11) is -3.65. The minimum atomic E-state index is -3.65. The predicted molar refractivity (Wildman–Crippen MR) is 123 cm³/mol. The van der Waals surface area contributed by atoms with Gasteiger partial charge in [0.2, 0.25) is 11.9 Å². The summed E-state index contributed by atoms with van der Waals surface area (Å²) < 4.78 is 28.1. The SMILES string of the molecule is NC1=NC2(CCCCC2)N(c2ccc(S(=O)(=O)N3CCc4ccccc43)cc2)C(N)=N1. The third-order valence-electron chi connectivity index (χ3n) is 6.38. The lowest BCUT2D eigenvalue weighted by Gasteiger charge is -2.45. The average molecular weight is 439 g/mol. The number of anilines is 2. The molecule has 4 N–H and O–H groups in total. The van der Waals surface area contributed by atoms with Crippen molar-refractivity contribution in [2.75, 3.05) is 15.7 Å². The fourth-order valence-corrected chi connectivity index (χ4v) is 6.45. The zero-order chi connectivity index (χ0) is 21.6. The summed E-state index contributed by atoms with van der Waals surface area (Å²) in [5.74, 6) is 0.487. The van der Waals surface area contributed by atoms with Gasteiger partial charge in [-0.1, -0.05) is 24.6 Å². The molecule has 0 unspecified atom stereocenters. The predicted octanol–water partition coefficient (Wildman–Crippen LogP) is 2.55. The molecule has 1 spiro atoms. The summed E-state index contributed by atoms with van der Waals surface area (Å²) in [6.45, 7) is 0.451. The van der Waals surface area contributed by atoms with Crippen molar-refractivity contribution < 1.29 is 8.42 Å². The van der Waals surface area contributed by atoms with Crippen molar-refractivity contribution in [2.24, 2.45) is 21.5 Å². The molecule has 1 aliphatic carbocycles. The molecule has 8 nitrogen and oxygen atoms in total. The van der Waals surface area contributed by atoms with Crippen LogP contribution in [0.2, 0.25) is 0 Å².